The van der Waals surface area contributed by atoms with Crippen LogP contribution in [0, 0.1) is 0 Å². The van der Waals surface area contributed by atoms with Crippen molar-refractivity contribution < 1.29 is 9.53 Å². The molecule has 1 aromatic carbocycles. The maximum Gasteiger partial charge on any atom is 0.230 e. The minimum absolute atomic E-state index is 0. The van der Waals surface area contributed by atoms with Crippen molar-refractivity contribution in [3.05, 3.63) is 29.8 Å². The highest BCUT2D eigenvalue weighted by atomic mass is 35.5. The van der Waals surface area contributed by atoms with E-state index in [-0.39, 0.29) is 30.3 Å². The van der Waals surface area contributed by atoms with Gasteiger partial charge in [0.15, 0.2) is 0 Å². The largest absolute Gasteiger partial charge is 0.497 e. The summed E-state index contributed by atoms with van der Waals surface area (Å²) in [5, 5.41) is 3.40. The Labute approximate surface area is 133 Å². The Balaban J connectivity index is 0.00000220. The van der Waals surface area contributed by atoms with E-state index in [1.54, 1.807) is 7.11 Å². The van der Waals surface area contributed by atoms with Gasteiger partial charge in [0.25, 0.3) is 0 Å². The number of ether oxygens (including phenoxy) is 1. The maximum absolute atomic E-state index is 12.7. The number of rotatable bonds is 3. The monoisotopic (exact) mass is 312 g/mol. The first-order valence-corrected chi connectivity index (χ1v) is 7.22. The van der Waals surface area contributed by atoms with Gasteiger partial charge in [0, 0.05) is 25.2 Å². The first-order valence-electron chi connectivity index (χ1n) is 7.22. The third kappa shape index (κ3) is 3.89. The quantitative estimate of drug-likeness (QED) is 0.932. The second-order valence-corrected chi connectivity index (χ2v) is 5.51. The molecule has 3 atom stereocenters. The second-order valence-electron chi connectivity index (χ2n) is 5.51. The number of nitrogens with zero attached hydrogens (tertiary/aromatic N) is 1. The minimum Gasteiger partial charge on any atom is -0.497 e. The standard InChI is InChI=1S/C16H24N2O2.ClH/c1-11(14-6-5-7-15(10-14)20-4)16(19)18-9-8-17-12(2)13(18)3;/h5-7,10-13,17H,8-9H2,1-4H3;1H. The summed E-state index contributed by atoms with van der Waals surface area (Å²) in [5.41, 5.74) is 1.01. The summed E-state index contributed by atoms with van der Waals surface area (Å²) in [5.74, 6) is 0.848. The average molecular weight is 313 g/mol. The minimum atomic E-state index is -0.141. The summed E-state index contributed by atoms with van der Waals surface area (Å²) >= 11 is 0. The number of benzene rings is 1. The molecule has 2 rings (SSSR count). The lowest BCUT2D eigenvalue weighted by molar-refractivity contribution is -0.136. The van der Waals surface area contributed by atoms with E-state index in [0.29, 0.717) is 6.04 Å². The molecule has 1 N–H and O–H groups in total. The Bertz CT molecular complexity index is 481. The Morgan fingerprint density at radius 3 is 2.81 bits per heavy atom. The molecule has 0 spiro atoms. The molecule has 118 valence electrons. The molecule has 21 heavy (non-hydrogen) atoms. The number of carbonyl (C=O) groups is 1. The van der Waals surface area contributed by atoms with Crippen LogP contribution in [0.2, 0.25) is 0 Å². The highest BCUT2D eigenvalue weighted by Gasteiger charge is 2.31. The lowest BCUT2D eigenvalue weighted by atomic mass is 9.97. The molecule has 3 unspecified atom stereocenters. The predicted molar refractivity (Wildman–Crippen MR) is 87.3 cm³/mol. The molecule has 0 bridgehead atoms. The topological polar surface area (TPSA) is 41.6 Å². The van der Waals surface area contributed by atoms with Crippen LogP contribution in [0.15, 0.2) is 24.3 Å². The number of amides is 1. The lowest BCUT2D eigenvalue weighted by Gasteiger charge is -2.40. The van der Waals surface area contributed by atoms with Crippen LogP contribution in [0.25, 0.3) is 0 Å². The van der Waals surface area contributed by atoms with E-state index in [4.69, 9.17) is 4.74 Å². The first kappa shape index (κ1) is 17.8. The zero-order chi connectivity index (χ0) is 14.7. The highest BCUT2D eigenvalue weighted by Crippen LogP contribution is 2.24. The summed E-state index contributed by atoms with van der Waals surface area (Å²) in [4.78, 5) is 14.7. The van der Waals surface area contributed by atoms with Crippen LogP contribution in [0.5, 0.6) is 5.75 Å². The second kappa shape index (κ2) is 7.66. The molecule has 1 aromatic rings. The summed E-state index contributed by atoms with van der Waals surface area (Å²) in [7, 11) is 1.64. The molecule has 0 aromatic heterocycles. The van der Waals surface area contributed by atoms with Gasteiger partial charge in [-0.05, 0) is 38.5 Å². The van der Waals surface area contributed by atoms with Crippen molar-refractivity contribution >= 4 is 18.3 Å². The van der Waals surface area contributed by atoms with Gasteiger partial charge in [0.1, 0.15) is 5.75 Å². The number of hydrogen-bond acceptors (Lipinski definition) is 3. The summed E-state index contributed by atoms with van der Waals surface area (Å²) in [6.45, 7) is 7.84. The van der Waals surface area contributed by atoms with Gasteiger partial charge >= 0.3 is 0 Å². The zero-order valence-electron chi connectivity index (χ0n) is 13.1. The fourth-order valence-electron chi connectivity index (χ4n) is 2.67. The number of nitrogens with one attached hydrogen (secondary N) is 1. The van der Waals surface area contributed by atoms with E-state index in [2.05, 4.69) is 19.2 Å². The molecule has 1 heterocycles. The SMILES string of the molecule is COc1cccc(C(C)C(=O)N2CCNC(C)C2C)c1.Cl. The molecule has 5 heteroatoms. The average Bonchev–Trinajstić information content (AvgIpc) is 2.48. The molecule has 1 aliphatic heterocycles. The van der Waals surface area contributed by atoms with Crippen LogP contribution in [-0.4, -0.2) is 43.1 Å². The fraction of sp³-hybridized carbons (Fsp3) is 0.562. The summed E-state index contributed by atoms with van der Waals surface area (Å²) < 4.78 is 5.23. The van der Waals surface area contributed by atoms with Gasteiger partial charge < -0.3 is 15.0 Å². The van der Waals surface area contributed by atoms with Gasteiger partial charge in [-0.2, -0.15) is 0 Å². The molecular weight excluding hydrogens is 288 g/mol. The number of methoxy groups -OCH3 is 1. The van der Waals surface area contributed by atoms with Crippen molar-refractivity contribution in [3.8, 4) is 5.75 Å². The predicted octanol–water partition coefficient (Wildman–Crippen LogP) is 2.43. The first-order chi connectivity index (χ1) is 9.54. The van der Waals surface area contributed by atoms with Crippen molar-refractivity contribution in [2.45, 2.75) is 38.8 Å². The fourth-order valence-corrected chi connectivity index (χ4v) is 2.67. The molecule has 1 saturated heterocycles. The van der Waals surface area contributed by atoms with Gasteiger partial charge in [-0.25, -0.2) is 0 Å². The van der Waals surface area contributed by atoms with Gasteiger partial charge in [-0.1, -0.05) is 12.1 Å². The maximum atomic E-state index is 12.7. The summed E-state index contributed by atoms with van der Waals surface area (Å²) in [6, 6.07) is 8.33. The third-order valence-corrected chi connectivity index (χ3v) is 4.28. The van der Waals surface area contributed by atoms with Crippen molar-refractivity contribution in [3.63, 3.8) is 0 Å². The Morgan fingerprint density at radius 2 is 2.14 bits per heavy atom. The van der Waals surface area contributed by atoms with Crippen LogP contribution in [-0.2, 0) is 4.79 Å². The van der Waals surface area contributed by atoms with Crippen LogP contribution in [0.3, 0.4) is 0 Å². The van der Waals surface area contributed by atoms with E-state index in [1.807, 2.05) is 36.1 Å². The van der Waals surface area contributed by atoms with Crippen molar-refractivity contribution in [2.24, 2.45) is 0 Å². The molecule has 1 fully saturated rings. The molecule has 4 nitrogen and oxygen atoms in total. The van der Waals surface area contributed by atoms with E-state index in [0.717, 1.165) is 24.4 Å². The van der Waals surface area contributed by atoms with Gasteiger partial charge in [-0.15, -0.1) is 12.4 Å². The van der Waals surface area contributed by atoms with E-state index in [9.17, 15) is 4.79 Å². The highest BCUT2D eigenvalue weighted by molar-refractivity contribution is 5.85. The molecule has 0 aliphatic carbocycles. The lowest BCUT2D eigenvalue weighted by Crippen LogP contribution is -2.57. The Morgan fingerprint density at radius 1 is 1.43 bits per heavy atom. The van der Waals surface area contributed by atoms with Crippen molar-refractivity contribution in [1.82, 2.24) is 10.2 Å². The van der Waals surface area contributed by atoms with E-state index in [1.165, 1.54) is 0 Å². The number of carbonyl (C=O) groups excluding carboxylic acids is 1. The van der Waals surface area contributed by atoms with E-state index >= 15 is 0 Å². The summed E-state index contributed by atoms with van der Waals surface area (Å²) in [6.07, 6.45) is 0. The molecular formula is C16H25ClN2O2. The van der Waals surface area contributed by atoms with Crippen molar-refractivity contribution in [2.75, 3.05) is 20.2 Å². The normalized spacial score (nSPS) is 23.1. The molecule has 1 amide bonds. The molecule has 1 aliphatic rings. The van der Waals surface area contributed by atoms with Gasteiger partial charge in [0.05, 0.1) is 13.0 Å². The van der Waals surface area contributed by atoms with Gasteiger partial charge in [0.2, 0.25) is 5.91 Å². The Kier molecular flexibility index (Phi) is 6.49. The zero-order valence-corrected chi connectivity index (χ0v) is 13.9. The van der Waals surface area contributed by atoms with Crippen LogP contribution < -0.4 is 10.1 Å². The third-order valence-electron chi connectivity index (χ3n) is 4.28. The smallest absolute Gasteiger partial charge is 0.230 e. The van der Waals surface area contributed by atoms with Crippen LogP contribution >= 0.6 is 12.4 Å². The van der Waals surface area contributed by atoms with Crippen LogP contribution in [0.4, 0.5) is 0 Å². The van der Waals surface area contributed by atoms with Crippen molar-refractivity contribution in [1.29, 1.82) is 0 Å². The Hall–Kier alpha value is -1.26. The van der Waals surface area contributed by atoms with E-state index < -0.39 is 0 Å². The number of halogens is 1. The number of hydrogen-bond donors (Lipinski definition) is 1. The van der Waals surface area contributed by atoms with Gasteiger partial charge in [-0.3, -0.25) is 4.79 Å². The molecule has 0 radical (unpaired) electrons. The number of piperazine rings is 1. The van der Waals surface area contributed by atoms with Crippen LogP contribution in [0.1, 0.15) is 32.3 Å². The molecule has 0 saturated carbocycles.